The van der Waals surface area contributed by atoms with Gasteiger partial charge in [-0.25, -0.2) is 0 Å². The largest absolute Gasteiger partial charge is 0.489 e. The van der Waals surface area contributed by atoms with E-state index in [2.05, 4.69) is 45.7 Å². The predicted octanol–water partition coefficient (Wildman–Crippen LogP) is 3.15. The van der Waals surface area contributed by atoms with Crippen molar-refractivity contribution >= 4 is 5.91 Å². The smallest absolute Gasteiger partial charge is 0.244 e. The monoisotopic (exact) mass is 403 g/mol. The zero-order valence-corrected chi connectivity index (χ0v) is 17.4. The molecule has 0 aliphatic carbocycles. The van der Waals surface area contributed by atoms with Gasteiger partial charge in [0.1, 0.15) is 18.9 Å². The third-order valence-electron chi connectivity index (χ3n) is 4.95. The van der Waals surface area contributed by atoms with Crippen LogP contribution in [0.3, 0.4) is 0 Å². The number of benzene rings is 2. The summed E-state index contributed by atoms with van der Waals surface area (Å²) in [7, 11) is 0. The molecule has 0 bridgehead atoms. The summed E-state index contributed by atoms with van der Waals surface area (Å²) in [5, 5.41) is 15.1. The first-order chi connectivity index (χ1) is 14.4. The Hall–Kier alpha value is -3.66. The Kier molecular flexibility index (Phi) is 6.48. The molecule has 2 aromatic carbocycles. The van der Waals surface area contributed by atoms with Crippen molar-refractivity contribution in [1.82, 2.24) is 25.5 Å². The van der Waals surface area contributed by atoms with Crippen molar-refractivity contribution < 1.29 is 9.53 Å². The molecular formula is C23H25N5O2. The Bertz CT molecular complexity index is 1050. The molecule has 0 saturated carbocycles. The number of rotatable bonds is 8. The first-order valence-electron chi connectivity index (χ1n) is 9.77. The van der Waals surface area contributed by atoms with E-state index in [0.717, 1.165) is 16.9 Å². The van der Waals surface area contributed by atoms with E-state index < -0.39 is 5.54 Å². The molecule has 0 radical (unpaired) electrons. The second-order valence-corrected chi connectivity index (χ2v) is 7.26. The highest BCUT2D eigenvalue weighted by molar-refractivity contribution is 5.77. The average molecular weight is 403 g/mol. The normalized spacial score (nSPS) is 12.6. The zero-order chi connectivity index (χ0) is 21.6. The van der Waals surface area contributed by atoms with Gasteiger partial charge in [0.15, 0.2) is 0 Å². The Labute approximate surface area is 176 Å². The van der Waals surface area contributed by atoms with E-state index in [9.17, 15) is 4.79 Å². The van der Waals surface area contributed by atoms with E-state index in [-0.39, 0.29) is 12.5 Å². The number of ether oxygens (including phenoxy) is 1. The highest BCUT2D eigenvalue weighted by atomic mass is 16.5. The van der Waals surface area contributed by atoms with Crippen LogP contribution >= 0.6 is 0 Å². The fourth-order valence-corrected chi connectivity index (χ4v) is 2.76. The summed E-state index contributed by atoms with van der Waals surface area (Å²) in [5.74, 6) is 3.52. The number of aromatic nitrogens is 4. The van der Waals surface area contributed by atoms with E-state index in [0.29, 0.717) is 18.9 Å². The number of aryl methyl sites for hydroxylation is 1. The molecule has 154 valence electrons. The first-order valence-corrected chi connectivity index (χ1v) is 9.77. The Morgan fingerprint density at radius 1 is 1.23 bits per heavy atom. The van der Waals surface area contributed by atoms with E-state index in [4.69, 9.17) is 11.2 Å². The number of terminal acetylenes is 1. The van der Waals surface area contributed by atoms with Crippen LogP contribution in [0.15, 0.2) is 48.5 Å². The highest BCUT2D eigenvalue weighted by Gasteiger charge is 2.21. The molecule has 3 rings (SSSR count). The summed E-state index contributed by atoms with van der Waals surface area (Å²) in [4.78, 5) is 13.4. The van der Waals surface area contributed by atoms with Crippen LogP contribution in [0.4, 0.5) is 0 Å². The Morgan fingerprint density at radius 3 is 2.63 bits per heavy atom. The van der Waals surface area contributed by atoms with Crippen LogP contribution < -0.4 is 10.1 Å². The molecular weight excluding hydrogens is 378 g/mol. The van der Waals surface area contributed by atoms with E-state index in [1.54, 1.807) is 6.92 Å². The Morgan fingerprint density at radius 2 is 1.97 bits per heavy atom. The molecule has 1 aromatic heterocycles. The second kappa shape index (κ2) is 9.23. The number of amides is 1. The van der Waals surface area contributed by atoms with Crippen molar-refractivity contribution in [3.63, 3.8) is 0 Å². The lowest BCUT2D eigenvalue weighted by atomic mass is 10.0. The molecule has 0 saturated heterocycles. The summed E-state index contributed by atoms with van der Waals surface area (Å²) < 4.78 is 5.86. The van der Waals surface area contributed by atoms with Crippen molar-refractivity contribution in [3.8, 4) is 29.5 Å². The molecule has 1 amide bonds. The van der Waals surface area contributed by atoms with Crippen LogP contribution in [-0.2, 0) is 17.9 Å². The number of carbonyl (C=O) groups is 1. The summed E-state index contributed by atoms with van der Waals surface area (Å²) >= 11 is 0. The number of nitrogens with zero attached hydrogens (tertiary/aromatic N) is 4. The number of carbonyl (C=O) groups excluding carboxylic acids is 1. The number of hydrogen-bond acceptors (Lipinski definition) is 5. The maximum absolute atomic E-state index is 12.2. The quantitative estimate of drug-likeness (QED) is 0.585. The van der Waals surface area contributed by atoms with Crippen molar-refractivity contribution in [1.29, 1.82) is 0 Å². The van der Waals surface area contributed by atoms with Crippen LogP contribution in [0.1, 0.15) is 31.4 Å². The minimum atomic E-state index is -0.686. The van der Waals surface area contributed by atoms with Gasteiger partial charge in [-0.3, -0.25) is 4.79 Å². The second-order valence-electron chi connectivity index (χ2n) is 7.26. The first kappa shape index (κ1) is 21.1. The van der Waals surface area contributed by atoms with Gasteiger partial charge in [0.05, 0.1) is 5.54 Å². The zero-order valence-electron chi connectivity index (χ0n) is 17.4. The summed E-state index contributed by atoms with van der Waals surface area (Å²) in [6, 6.07) is 15.6. The lowest BCUT2D eigenvalue weighted by Gasteiger charge is -2.22. The van der Waals surface area contributed by atoms with Gasteiger partial charge >= 0.3 is 0 Å². The number of hydrogen-bond donors (Lipinski definition) is 1. The summed E-state index contributed by atoms with van der Waals surface area (Å²) in [5.41, 5.74) is 2.44. The molecule has 0 fully saturated rings. The van der Waals surface area contributed by atoms with E-state index in [1.807, 2.05) is 43.3 Å². The SMILES string of the molecule is C#C[C@@](C)(CC)NC(=O)Cn1nnc(-c2ccc(OCc3ccccc3C)cc2)n1. The molecule has 0 unspecified atom stereocenters. The van der Waals surface area contributed by atoms with Gasteiger partial charge in [-0.05, 0) is 60.9 Å². The van der Waals surface area contributed by atoms with Gasteiger partial charge in [-0.2, -0.15) is 4.80 Å². The van der Waals surface area contributed by atoms with Crippen molar-refractivity contribution in [2.45, 2.75) is 45.9 Å². The van der Waals surface area contributed by atoms with Crippen LogP contribution in [0.5, 0.6) is 5.75 Å². The van der Waals surface area contributed by atoms with Gasteiger partial charge in [0, 0.05) is 5.56 Å². The highest BCUT2D eigenvalue weighted by Crippen LogP contribution is 2.20. The van der Waals surface area contributed by atoms with Crippen LogP contribution in [0.25, 0.3) is 11.4 Å². The molecule has 1 heterocycles. The van der Waals surface area contributed by atoms with Crippen LogP contribution in [0, 0.1) is 19.3 Å². The number of nitrogens with one attached hydrogen (secondary N) is 1. The van der Waals surface area contributed by atoms with E-state index >= 15 is 0 Å². The lowest BCUT2D eigenvalue weighted by Crippen LogP contribution is -2.45. The summed E-state index contributed by atoms with van der Waals surface area (Å²) in [6.45, 7) is 6.23. The molecule has 7 heteroatoms. The maximum Gasteiger partial charge on any atom is 0.244 e. The minimum absolute atomic E-state index is 0.0537. The predicted molar refractivity (Wildman–Crippen MR) is 114 cm³/mol. The van der Waals surface area contributed by atoms with Crippen LogP contribution in [0.2, 0.25) is 0 Å². The standard InChI is InChI=1S/C23H25N5O2/c1-5-23(4,6-2)24-21(29)15-28-26-22(25-27-28)18-11-13-20(14-12-18)30-16-19-10-8-7-9-17(19)3/h1,7-14H,6,15-16H2,2-4H3,(H,24,29)/t23-/m0/s1. The van der Waals surface area contributed by atoms with E-state index in [1.165, 1.54) is 10.4 Å². The van der Waals surface area contributed by atoms with Crippen LogP contribution in [-0.4, -0.2) is 31.7 Å². The third-order valence-corrected chi connectivity index (χ3v) is 4.95. The Balaban J connectivity index is 1.60. The molecule has 3 aromatic rings. The molecule has 30 heavy (non-hydrogen) atoms. The maximum atomic E-state index is 12.2. The van der Waals surface area contributed by atoms with Crippen molar-refractivity contribution in [3.05, 3.63) is 59.7 Å². The minimum Gasteiger partial charge on any atom is -0.489 e. The molecule has 0 aliphatic rings. The van der Waals surface area contributed by atoms with Gasteiger partial charge in [-0.1, -0.05) is 37.1 Å². The van der Waals surface area contributed by atoms with Gasteiger partial charge in [0.2, 0.25) is 11.7 Å². The van der Waals surface area contributed by atoms with Crippen molar-refractivity contribution in [2.24, 2.45) is 0 Å². The average Bonchev–Trinajstić information content (AvgIpc) is 3.21. The number of tetrazole rings is 1. The molecule has 0 spiro atoms. The fraction of sp³-hybridized carbons (Fsp3) is 0.304. The molecule has 1 N–H and O–H groups in total. The summed E-state index contributed by atoms with van der Waals surface area (Å²) in [6.07, 6.45) is 6.12. The van der Waals surface area contributed by atoms with Gasteiger partial charge < -0.3 is 10.1 Å². The molecule has 0 aliphatic heterocycles. The van der Waals surface area contributed by atoms with Gasteiger partial charge in [0.25, 0.3) is 0 Å². The van der Waals surface area contributed by atoms with Gasteiger partial charge in [-0.15, -0.1) is 16.6 Å². The fourth-order valence-electron chi connectivity index (χ4n) is 2.76. The third kappa shape index (κ3) is 5.23. The van der Waals surface area contributed by atoms with Crippen molar-refractivity contribution in [2.75, 3.05) is 0 Å². The lowest BCUT2D eigenvalue weighted by molar-refractivity contribution is -0.123. The topological polar surface area (TPSA) is 81.9 Å². The molecule has 7 nitrogen and oxygen atoms in total. The molecule has 1 atom stereocenters.